The molecule has 1 aliphatic carbocycles. The first-order valence-electron chi connectivity index (χ1n) is 8.42. The highest BCUT2D eigenvalue weighted by atomic mass is 19.4. The third-order valence-corrected chi connectivity index (χ3v) is 5.44. The summed E-state index contributed by atoms with van der Waals surface area (Å²) in [6.45, 7) is 0.121. The predicted molar refractivity (Wildman–Crippen MR) is 90.5 cm³/mol. The highest BCUT2D eigenvalue weighted by Gasteiger charge is 2.61. The number of rotatable bonds is 4. The lowest BCUT2D eigenvalue weighted by atomic mass is 9.93. The maximum absolute atomic E-state index is 12.6. The van der Waals surface area contributed by atoms with E-state index in [0.717, 1.165) is 23.1 Å². The van der Waals surface area contributed by atoms with Gasteiger partial charge in [0.25, 0.3) is 0 Å². The maximum Gasteiger partial charge on any atom is 0.401 e. The average molecular weight is 361 g/mol. The van der Waals surface area contributed by atoms with Gasteiger partial charge in [-0.05, 0) is 29.5 Å². The Morgan fingerprint density at radius 1 is 1.23 bits per heavy atom. The van der Waals surface area contributed by atoms with Gasteiger partial charge in [-0.25, -0.2) is 0 Å². The molecule has 2 heterocycles. The van der Waals surface area contributed by atoms with Crippen molar-refractivity contribution in [2.45, 2.75) is 18.0 Å². The summed E-state index contributed by atoms with van der Waals surface area (Å²) < 4.78 is 37.9. The molecule has 2 atom stereocenters. The molecule has 0 bridgehead atoms. The van der Waals surface area contributed by atoms with Crippen molar-refractivity contribution >= 4 is 5.91 Å². The number of piperidine rings is 1. The van der Waals surface area contributed by atoms with Gasteiger partial charge >= 0.3 is 6.18 Å². The lowest BCUT2D eigenvalue weighted by molar-refractivity contribution is -0.144. The van der Waals surface area contributed by atoms with E-state index in [1.54, 1.807) is 12.3 Å². The van der Waals surface area contributed by atoms with Crippen molar-refractivity contribution in [1.29, 1.82) is 0 Å². The van der Waals surface area contributed by atoms with Crippen LogP contribution in [0.1, 0.15) is 22.3 Å². The summed E-state index contributed by atoms with van der Waals surface area (Å²) in [6, 6.07) is 9.48. The van der Waals surface area contributed by atoms with Crippen molar-refractivity contribution in [3.8, 4) is 11.1 Å². The summed E-state index contributed by atoms with van der Waals surface area (Å²) in [5, 5.41) is 0. The van der Waals surface area contributed by atoms with Crippen molar-refractivity contribution < 1.29 is 18.0 Å². The lowest BCUT2D eigenvalue weighted by Gasteiger charge is -2.22. The summed E-state index contributed by atoms with van der Waals surface area (Å²) in [4.78, 5) is 16.8. The molecule has 0 unspecified atom stereocenters. The number of pyridine rings is 1. The number of primary amides is 1. The van der Waals surface area contributed by atoms with Crippen LogP contribution in [-0.2, 0) is 5.41 Å². The molecule has 0 radical (unpaired) electrons. The van der Waals surface area contributed by atoms with E-state index >= 15 is 0 Å². The van der Waals surface area contributed by atoms with Crippen LogP contribution < -0.4 is 5.73 Å². The number of nitrogens with zero attached hydrogens (tertiary/aromatic N) is 2. The van der Waals surface area contributed by atoms with Crippen LogP contribution in [0.15, 0.2) is 42.7 Å². The minimum absolute atomic E-state index is 0.142. The monoisotopic (exact) mass is 361 g/mol. The van der Waals surface area contributed by atoms with E-state index in [-0.39, 0.29) is 5.41 Å². The Bertz CT molecular complexity index is 850. The molecule has 1 saturated heterocycles. The lowest BCUT2D eigenvalue weighted by Crippen LogP contribution is -2.35. The molecule has 2 aliphatic rings. The van der Waals surface area contributed by atoms with E-state index in [1.165, 1.54) is 11.1 Å². The number of hydrogen-bond acceptors (Lipinski definition) is 3. The van der Waals surface area contributed by atoms with Crippen LogP contribution in [0.2, 0.25) is 0 Å². The zero-order valence-corrected chi connectivity index (χ0v) is 14.0. The molecule has 4 rings (SSSR count). The Hall–Kier alpha value is -2.41. The minimum atomic E-state index is -4.15. The van der Waals surface area contributed by atoms with Gasteiger partial charge in [0.1, 0.15) is 0 Å². The molecule has 1 saturated carbocycles. The SMILES string of the molecule is NC(=O)c1cncc(-c2ccc([C@]34C[C@H]3CN(CC(F)(F)F)C4)cc2)c1. The second kappa shape index (κ2) is 5.81. The van der Waals surface area contributed by atoms with Gasteiger partial charge in [-0.3, -0.25) is 14.7 Å². The first kappa shape index (κ1) is 17.0. The molecule has 136 valence electrons. The van der Waals surface area contributed by atoms with Gasteiger partial charge in [0, 0.05) is 36.5 Å². The van der Waals surface area contributed by atoms with E-state index in [2.05, 4.69) is 4.98 Å². The molecule has 1 amide bonds. The van der Waals surface area contributed by atoms with Crippen LogP contribution in [-0.4, -0.2) is 41.6 Å². The van der Waals surface area contributed by atoms with Crippen molar-refractivity contribution in [2.75, 3.05) is 19.6 Å². The van der Waals surface area contributed by atoms with Gasteiger partial charge in [0.2, 0.25) is 5.91 Å². The van der Waals surface area contributed by atoms with E-state index in [9.17, 15) is 18.0 Å². The van der Waals surface area contributed by atoms with Gasteiger partial charge in [-0.1, -0.05) is 24.3 Å². The number of alkyl halides is 3. The van der Waals surface area contributed by atoms with Gasteiger partial charge in [0.05, 0.1) is 12.1 Å². The molecule has 0 spiro atoms. The van der Waals surface area contributed by atoms with Crippen LogP contribution in [0.5, 0.6) is 0 Å². The molecule has 4 nitrogen and oxygen atoms in total. The molecule has 26 heavy (non-hydrogen) atoms. The molecule has 1 aromatic heterocycles. The van der Waals surface area contributed by atoms with Crippen molar-refractivity contribution in [3.63, 3.8) is 0 Å². The summed E-state index contributed by atoms with van der Waals surface area (Å²) in [6.07, 6.45) is -0.137. The number of halogens is 3. The Kier molecular flexibility index (Phi) is 3.80. The molecular formula is C19H18F3N3O. The molecule has 2 N–H and O–H groups in total. The number of carbonyl (C=O) groups is 1. The Morgan fingerprint density at radius 3 is 2.62 bits per heavy atom. The number of carbonyl (C=O) groups excluding carboxylic acids is 1. The fourth-order valence-electron chi connectivity index (χ4n) is 4.13. The first-order valence-corrected chi connectivity index (χ1v) is 8.42. The third-order valence-electron chi connectivity index (χ3n) is 5.44. The molecule has 1 aliphatic heterocycles. The molecule has 7 heteroatoms. The molecular weight excluding hydrogens is 343 g/mol. The second-order valence-electron chi connectivity index (χ2n) is 7.25. The van der Waals surface area contributed by atoms with Crippen LogP contribution in [0, 0.1) is 5.92 Å². The van der Waals surface area contributed by atoms with Crippen LogP contribution >= 0.6 is 0 Å². The highest BCUT2D eigenvalue weighted by Crippen LogP contribution is 2.59. The zero-order chi connectivity index (χ0) is 18.5. The summed E-state index contributed by atoms with van der Waals surface area (Å²) in [5.41, 5.74) is 8.23. The largest absolute Gasteiger partial charge is 0.401 e. The molecule has 2 fully saturated rings. The maximum atomic E-state index is 12.6. The van der Waals surface area contributed by atoms with E-state index in [1.807, 2.05) is 24.3 Å². The average Bonchev–Trinajstić information content (AvgIpc) is 3.16. The smallest absolute Gasteiger partial charge is 0.366 e. The normalized spacial score (nSPS) is 25.1. The van der Waals surface area contributed by atoms with Crippen molar-refractivity contribution in [1.82, 2.24) is 9.88 Å². The van der Waals surface area contributed by atoms with Gasteiger partial charge in [0.15, 0.2) is 0 Å². The molecule has 1 aromatic carbocycles. The number of aromatic nitrogens is 1. The summed E-state index contributed by atoms with van der Waals surface area (Å²) in [5.74, 6) is -0.234. The van der Waals surface area contributed by atoms with E-state index < -0.39 is 18.6 Å². The standard InChI is InChI=1S/C19H18F3N3O/c20-19(21,22)11-25-9-16-6-18(16,10-25)15-3-1-12(2-4-15)13-5-14(17(23)26)8-24-7-13/h1-5,7-8,16H,6,9-11H2,(H2,23,26)/t16-,18+/m0/s1. The third kappa shape index (κ3) is 3.07. The number of benzene rings is 1. The molecule has 2 aromatic rings. The Morgan fingerprint density at radius 2 is 1.96 bits per heavy atom. The first-order chi connectivity index (χ1) is 12.3. The van der Waals surface area contributed by atoms with E-state index in [0.29, 0.717) is 24.6 Å². The van der Waals surface area contributed by atoms with Crippen molar-refractivity contribution in [3.05, 3.63) is 53.9 Å². The Labute approximate surface area is 148 Å². The fraction of sp³-hybridized carbons (Fsp3) is 0.368. The van der Waals surface area contributed by atoms with Crippen LogP contribution in [0.25, 0.3) is 11.1 Å². The van der Waals surface area contributed by atoms with E-state index in [4.69, 9.17) is 5.73 Å². The minimum Gasteiger partial charge on any atom is -0.366 e. The van der Waals surface area contributed by atoms with Crippen LogP contribution in [0.4, 0.5) is 13.2 Å². The summed E-state index contributed by atoms with van der Waals surface area (Å²) >= 11 is 0. The second-order valence-corrected chi connectivity index (χ2v) is 7.25. The quantitative estimate of drug-likeness (QED) is 0.911. The van der Waals surface area contributed by atoms with Gasteiger partial charge in [-0.2, -0.15) is 13.2 Å². The topological polar surface area (TPSA) is 59.2 Å². The zero-order valence-electron chi connectivity index (χ0n) is 14.0. The van der Waals surface area contributed by atoms with Crippen LogP contribution in [0.3, 0.4) is 0 Å². The number of likely N-dealkylation sites (tertiary alicyclic amines) is 1. The number of amides is 1. The number of fused-ring (bicyclic) bond motifs is 1. The van der Waals surface area contributed by atoms with Gasteiger partial charge < -0.3 is 5.73 Å². The summed E-state index contributed by atoms with van der Waals surface area (Å²) in [7, 11) is 0. The van der Waals surface area contributed by atoms with Crippen molar-refractivity contribution in [2.24, 2.45) is 11.7 Å². The highest BCUT2D eigenvalue weighted by molar-refractivity contribution is 5.93. The fourth-order valence-corrected chi connectivity index (χ4v) is 4.13. The predicted octanol–water partition coefficient (Wildman–Crippen LogP) is 2.98. The number of hydrogen-bond donors (Lipinski definition) is 1. The Balaban J connectivity index is 1.53. The number of nitrogens with two attached hydrogens (primary N) is 1. The van der Waals surface area contributed by atoms with Gasteiger partial charge in [-0.15, -0.1) is 0 Å².